The maximum atomic E-state index is 12.0. The predicted octanol–water partition coefficient (Wildman–Crippen LogP) is 1.53. The molecule has 0 aliphatic carbocycles. The first kappa shape index (κ1) is 19.4. The molecule has 1 saturated heterocycles. The van der Waals surface area contributed by atoms with Crippen LogP contribution in [0.4, 0.5) is 0 Å². The minimum Gasteiger partial charge on any atom is -0.330 e. The zero-order chi connectivity index (χ0) is 15.7. The van der Waals surface area contributed by atoms with Crippen molar-refractivity contribution in [1.29, 1.82) is 0 Å². The van der Waals surface area contributed by atoms with Gasteiger partial charge in [0.1, 0.15) is 0 Å². The van der Waals surface area contributed by atoms with Crippen molar-refractivity contribution in [2.75, 3.05) is 33.7 Å². The second-order valence-electron chi connectivity index (χ2n) is 6.41. The molecule has 1 aliphatic rings. The number of rotatable bonds is 5. The summed E-state index contributed by atoms with van der Waals surface area (Å²) >= 11 is 0. The molecule has 0 spiro atoms. The van der Waals surface area contributed by atoms with E-state index in [4.69, 9.17) is 5.73 Å². The van der Waals surface area contributed by atoms with Crippen molar-refractivity contribution in [3.63, 3.8) is 0 Å². The number of sulfonamides is 1. The van der Waals surface area contributed by atoms with Crippen LogP contribution in [-0.2, 0) is 16.6 Å². The van der Waals surface area contributed by atoms with Crippen LogP contribution >= 0.6 is 12.4 Å². The fraction of sp³-hybridized carbons (Fsp3) is 0.600. The Morgan fingerprint density at radius 3 is 2.32 bits per heavy atom. The van der Waals surface area contributed by atoms with E-state index < -0.39 is 10.0 Å². The third-order valence-electron chi connectivity index (χ3n) is 4.24. The van der Waals surface area contributed by atoms with Crippen LogP contribution in [0.15, 0.2) is 29.2 Å². The number of halogens is 1. The van der Waals surface area contributed by atoms with Crippen molar-refractivity contribution >= 4 is 22.4 Å². The molecule has 0 aromatic heterocycles. The van der Waals surface area contributed by atoms with Gasteiger partial charge in [0, 0.05) is 27.2 Å². The molecule has 1 fully saturated rings. The van der Waals surface area contributed by atoms with Crippen LogP contribution in [-0.4, -0.2) is 51.4 Å². The molecule has 1 aromatic carbocycles. The van der Waals surface area contributed by atoms with Gasteiger partial charge in [-0.2, -0.15) is 0 Å². The van der Waals surface area contributed by atoms with Crippen molar-refractivity contribution in [2.24, 2.45) is 11.1 Å². The van der Waals surface area contributed by atoms with Gasteiger partial charge in [-0.05, 0) is 42.6 Å². The second-order valence-corrected chi connectivity index (χ2v) is 8.56. The highest BCUT2D eigenvalue weighted by Crippen LogP contribution is 2.29. The molecule has 0 bridgehead atoms. The van der Waals surface area contributed by atoms with Crippen LogP contribution in [0, 0.1) is 5.41 Å². The van der Waals surface area contributed by atoms with Crippen LogP contribution < -0.4 is 5.73 Å². The minimum absolute atomic E-state index is 0. The average molecular weight is 348 g/mol. The van der Waals surface area contributed by atoms with Gasteiger partial charge in [-0.15, -0.1) is 12.4 Å². The standard InChI is InChI=1S/C15H25N3O2S.ClH/c1-15(11-16)8-9-18(12-15)10-13-4-6-14(7-5-13)21(19,20)17(2)3;/h4-7H,8-12,16H2,1-3H3;1H. The zero-order valence-electron chi connectivity index (χ0n) is 13.4. The quantitative estimate of drug-likeness (QED) is 0.877. The molecule has 1 unspecified atom stereocenters. The Labute approximate surface area is 139 Å². The monoisotopic (exact) mass is 347 g/mol. The Hall–Kier alpha value is -0.660. The van der Waals surface area contributed by atoms with Crippen LogP contribution in [0.1, 0.15) is 18.9 Å². The molecule has 1 aliphatic heterocycles. The molecular formula is C15H26ClN3O2S. The van der Waals surface area contributed by atoms with Gasteiger partial charge in [0.05, 0.1) is 4.90 Å². The van der Waals surface area contributed by atoms with Crippen molar-refractivity contribution in [3.8, 4) is 0 Å². The first-order chi connectivity index (χ1) is 9.77. The predicted molar refractivity (Wildman–Crippen MR) is 91.6 cm³/mol. The maximum absolute atomic E-state index is 12.0. The number of nitrogens with zero attached hydrogens (tertiary/aromatic N) is 2. The van der Waals surface area contributed by atoms with Crippen molar-refractivity contribution in [2.45, 2.75) is 24.8 Å². The third-order valence-corrected chi connectivity index (χ3v) is 6.07. The van der Waals surface area contributed by atoms with E-state index in [-0.39, 0.29) is 17.8 Å². The van der Waals surface area contributed by atoms with E-state index in [1.54, 1.807) is 26.2 Å². The molecule has 0 radical (unpaired) electrons. The van der Waals surface area contributed by atoms with Crippen LogP contribution in [0.25, 0.3) is 0 Å². The van der Waals surface area contributed by atoms with E-state index in [9.17, 15) is 8.42 Å². The van der Waals surface area contributed by atoms with Gasteiger partial charge in [-0.25, -0.2) is 12.7 Å². The van der Waals surface area contributed by atoms with Crippen molar-refractivity contribution < 1.29 is 8.42 Å². The Kier molecular flexibility index (Phi) is 6.41. The SMILES string of the molecule is CN(C)S(=O)(=O)c1ccc(CN2CCC(C)(CN)C2)cc1.Cl. The molecule has 1 heterocycles. The summed E-state index contributed by atoms with van der Waals surface area (Å²) in [6.07, 6.45) is 1.12. The molecule has 2 N–H and O–H groups in total. The van der Waals surface area contributed by atoms with E-state index in [0.717, 1.165) is 31.6 Å². The Bertz CT molecular complexity index is 589. The lowest BCUT2D eigenvalue weighted by atomic mass is 9.90. The van der Waals surface area contributed by atoms with Gasteiger partial charge in [-0.1, -0.05) is 19.1 Å². The van der Waals surface area contributed by atoms with Gasteiger partial charge in [0.15, 0.2) is 0 Å². The molecular weight excluding hydrogens is 322 g/mol. The molecule has 126 valence electrons. The summed E-state index contributed by atoms with van der Waals surface area (Å²) in [7, 11) is -0.255. The highest BCUT2D eigenvalue weighted by Gasteiger charge is 2.32. The van der Waals surface area contributed by atoms with Gasteiger partial charge >= 0.3 is 0 Å². The summed E-state index contributed by atoms with van der Waals surface area (Å²) in [6.45, 7) is 5.83. The Morgan fingerprint density at radius 2 is 1.86 bits per heavy atom. The van der Waals surface area contributed by atoms with Crippen molar-refractivity contribution in [3.05, 3.63) is 29.8 Å². The van der Waals surface area contributed by atoms with E-state index in [2.05, 4.69) is 11.8 Å². The van der Waals surface area contributed by atoms with E-state index in [1.807, 2.05) is 12.1 Å². The lowest BCUT2D eigenvalue weighted by Crippen LogP contribution is -2.31. The highest BCUT2D eigenvalue weighted by atomic mass is 35.5. The first-order valence-electron chi connectivity index (χ1n) is 7.21. The first-order valence-corrected chi connectivity index (χ1v) is 8.65. The summed E-state index contributed by atoms with van der Waals surface area (Å²) in [4.78, 5) is 2.71. The van der Waals surface area contributed by atoms with Gasteiger partial charge in [0.25, 0.3) is 0 Å². The molecule has 7 heteroatoms. The smallest absolute Gasteiger partial charge is 0.242 e. The van der Waals surface area contributed by atoms with E-state index in [0.29, 0.717) is 11.4 Å². The van der Waals surface area contributed by atoms with E-state index >= 15 is 0 Å². The highest BCUT2D eigenvalue weighted by molar-refractivity contribution is 7.89. The molecule has 0 saturated carbocycles. The Morgan fingerprint density at radius 1 is 1.27 bits per heavy atom. The average Bonchev–Trinajstić information content (AvgIpc) is 2.81. The van der Waals surface area contributed by atoms with Gasteiger partial charge in [-0.3, -0.25) is 4.90 Å². The lowest BCUT2D eigenvalue weighted by Gasteiger charge is -2.22. The summed E-state index contributed by atoms with van der Waals surface area (Å²) in [5.41, 5.74) is 7.17. The summed E-state index contributed by atoms with van der Waals surface area (Å²) in [5.74, 6) is 0. The topological polar surface area (TPSA) is 66.6 Å². The maximum Gasteiger partial charge on any atom is 0.242 e. The van der Waals surface area contributed by atoms with Crippen molar-refractivity contribution in [1.82, 2.24) is 9.21 Å². The molecule has 22 heavy (non-hydrogen) atoms. The van der Waals surface area contributed by atoms with Crippen LogP contribution in [0.3, 0.4) is 0 Å². The normalized spacial score (nSPS) is 22.8. The zero-order valence-corrected chi connectivity index (χ0v) is 15.1. The second kappa shape index (κ2) is 7.27. The van der Waals surface area contributed by atoms with Crippen LogP contribution in [0.2, 0.25) is 0 Å². The largest absolute Gasteiger partial charge is 0.330 e. The molecule has 1 atom stereocenters. The van der Waals surface area contributed by atoms with E-state index in [1.165, 1.54) is 4.31 Å². The fourth-order valence-corrected chi connectivity index (χ4v) is 3.57. The minimum atomic E-state index is -3.34. The number of benzene rings is 1. The van der Waals surface area contributed by atoms with Gasteiger partial charge in [0.2, 0.25) is 10.0 Å². The van der Waals surface area contributed by atoms with Gasteiger partial charge < -0.3 is 5.73 Å². The van der Waals surface area contributed by atoms with Crippen LogP contribution in [0.5, 0.6) is 0 Å². The number of hydrogen-bond acceptors (Lipinski definition) is 4. The number of hydrogen-bond donors (Lipinski definition) is 1. The lowest BCUT2D eigenvalue weighted by molar-refractivity contribution is 0.274. The molecule has 0 amide bonds. The number of nitrogens with two attached hydrogens (primary N) is 1. The Balaban J connectivity index is 0.00000242. The molecule has 1 aromatic rings. The molecule has 2 rings (SSSR count). The summed E-state index contributed by atoms with van der Waals surface area (Å²) in [6, 6.07) is 7.16. The third kappa shape index (κ3) is 4.20. The molecule has 5 nitrogen and oxygen atoms in total. The summed E-state index contributed by atoms with van der Waals surface area (Å²) in [5, 5.41) is 0. The summed E-state index contributed by atoms with van der Waals surface area (Å²) < 4.78 is 25.3. The number of likely N-dealkylation sites (tertiary alicyclic amines) is 1. The fourth-order valence-electron chi connectivity index (χ4n) is 2.66.